The number of rotatable bonds is 4. The van der Waals surface area contributed by atoms with Crippen LogP contribution in [0.5, 0.6) is 0 Å². The van der Waals surface area contributed by atoms with Crippen LogP contribution in [-0.4, -0.2) is 17.9 Å². The molecule has 0 atom stereocenters. The Balaban J connectivity index is 1.80. The molecule has 1 fully saturated rings. The number of hydrogen-bond donors (Lipinski definition) is 4. The standard InChI is InChI=1S/C15H22N4O/c16-14(17)12-6-4-5-11(9-12)10-18-15(20)19-13-7-2-1-3-8-13/h4-6,9,13H,1-3,7-8,10H2,(H3,16,17)(H2,18,19,20). The molecular formula is C15H22N4O. The molecule has 0 unspecified atom stereocenters. The summed E-state index contributed by atoms with van der Waals surface area (Å²) < 4.78 is 0. The Morgan fingerprint density at radius 3 is 2.75 bits per heavy atom. The van der Waals surface area contributed by atoms with Gasteiger partial charge in [0.1, 0.15) is 5.84 Å². The maximum absolute atomic E-state index is 11.8. The molecule has 0 bridgehead atoms. The molecule has 0 aromatic heterocycles. The van der Waals surface area contributed by atoms with Crippen LogP contribution >= 0.6 is 0 Å². The number of nitrogens with one attached hydrogen (secondary N) is 3. The van der Waals surface area contributed by atoms with E-state index in [4.69, 9.17) is 11.1 Å². The van der Waals surface area contributed by atoms with Crippen LogP contribution in [0.25, 0.3) is 0 Å². The van der Waals surface area contributed by atoms with Gasteiger partial charge in [-0.25, -0.2) is 4.79 Å². The van der Waals surface area contributed by atoms with Gasteiger partial charge in [0.2, 0.25) is 0 Å². The van der Waals surface area contributed by atoms with E-state index in [2.05, 4.69) is 10.6 Å². The van der Waals surface area contributed by atoms with Gasteiger partial charge in [-0.2, -0.15) is 0 Å². The molecule has 0 saturated heterocycles. The summed E-state index contributed by atoms with van der Waals surface area (Å²) in [5, 5.41) is 13.3. The fraction of sp³-hybridized carbons (Fsp3) is 0.467. The van der Waals surface area contributed by atoms with Gasteiger partial charge in [0, 0.05) is 18.2 Å². The lowest BCUT2D eigenvalue weighted by molar-refractivity contribution is 0.232. The van der Waals surface area contributed by atoms with Gasteiger partial charge in [0.25, 0.3) is 0 Å². The van der Waals surface area contributed by atoms with Gasteiger partial charge in [0.05, 0.1) is 0 Å². The van der Waals surface area contributed by atoms with Crippen LogP contribution in [0.4, 0.5) is 4.79 Å². The number of carbonyl (C=O) groups excluding carboxylic acids is 1. The quantitative estimate of drug-likeness (QED) is 0.500. The van der Waals surface area contributed by atoms with Crippen LogP contribution in [0.1, 0.15) is 43.2 Å². The molecule has 1 aromatic carbocycles. The molecule has 1 saturated carbocycles. The molecule has 5 nitrogen and oxygen atoms in total. The molecule has 0 aliphatic heterocycles. The average molecular weight is 274 g/mol. The lowest BCUT2D eigenvalue weighted by Gasteiger charge is -2.22. The SMILES string of the molecule is N=C(N)c1cccc(CNC(=O)NC2CCCCC2)c1. The molecule has 2 rings (SSSR count). The van der Waals surface area contributed by atoms with Gasteiger partial charge in [-0.05, 0) is 24.5 Å². The van der Waals surface area contributed by atoms with Crippen molar-refractivity contribution in [3.63, 3.8) is 0 Å². The van der Waals surface area contributed by atoms with Gasteiger partial charge >= 0.3 is 6.03 Å². The topological polar surface area (TPSA) is 91.0 Å². The predicted octanol–water partition coefficient (Wildman–Crippen LogP) is 2.10. The van der Waals surface area contributed by atoms with Crippen molar-refractivity contribution in [1.29, 1.82) is 5.41 Å². The molecule has 1 aliphatic carbocycles. The third kappa shape index (κ3) is 4.26. The molecule has 0 spiro atoms. The van der Waals surface area contributed by atoms with E-state index in [1.165, 1.54) is 19.3 Å². The summed E-state index contributed by atoms with van der Waals surface area (Å²) in [5.41, 5.74) is 7.06. The Morgan fingerprint density at radius 2 is 2.05 bits per heavy atom. The summed E-state index contributed by atoms with van der Waals surface area (Å²) in [5.74, 6) is 0.0403. The number of hydrogen-bond acceptors (Lipinski definition) is 2. The van der Waals surface area contributed by atoms with Crippen molar-refractivity contribution in [3.05, 3.63) is 35.4 Å². The lowest BCUT2D eigenvalue weighted by atomic mass is 9.96. The van der Waals surface area contributed by atoms with Gasteiger partial charge in [-0.15, -0.1) is 0 Å². The van der Waals surface area contributed by atoms with Crippen LogP contribution in [-0.2, 0) is 6.54 Å². The Hall–Kier alpha value is -2.04. The predicted molar refractivity (Wildman–Crippen MR) is 79.7 cm³/mol. The molecule has 0 heterocycles. The molecule has 1 aromatic rings. The van der Waals surface area contributed by atoms with Crippen molar-refractivity contribution < 1.29 is 4.79 Å². The monoisotopic (exact) mass is 274 g/mol. The highest BCUT2D eigenvalue weighted by atomic mass is 16.2. The largest absolute Gasteiger partial charge is 0.384 e. The fourth-order valence-corrected chi connectivity index (χ4v) is 2.51. The van der Waals surface area contributed by atoms with E-state index in [0.717, 1.165) is 18.4 Å². The summed E-state index contributed by atoms with van der Waals surface area (Å²) >= 11 is 0. The summed E-state index contributed by atoms with van der Waals surface area (Å²) in [4.78, 5) is 11.8. The first-order chi connectivity index (χ1) is 9.65. The van der Waals surface area contributed by atoms with E-state index in [0.29, 0.717) is 18.2 Å². The minimum Gasteiger partial charge on any atom is -0.384 e. The summed E-state index contributed by atoms with van der Waals surface area (Å²) in [6.07, 6.45) is 5.83. The molecule has 0 radical (unpaired) electrons. The number of urea groups is 1. The van der Waals surface area contributed by atoms with Gasteiger partial charge in [-0.3, -0.25) is 5.41 Å². The van der Waals surface area contributed by atoms with Gasteiger partial charge < -0.3 is 16.4 Å². The Kier molecular flexibility index (Phi) is 4.98. The third-order valence-electron chi connectivity index (χ3n) is 3.63. The Morgan fingerprint density at radius 1 is 1.30 bits per heavy atom. The molecule has 5 heteroatoms. The number of carbonyl (C=O) groups is 1. The zero-order chi connectivity index (χ0) is 14.4. The highest BCUT2D eigenvalue weighted by Crippen LogP contribution is 2.17. The van der Waals surface area contributed by atoms with Crippen molar-refractivity contribution in [3.8, 4) is 0 Å². The first-order valence-electron chi connectivity index (χ1n) is 7.13. The lowest BCUT2D eigenvalue weighted by Crippen LogP contribution is -2.42. The van der Waals surface area contributed by atoms with Crippen molar-refractivity contribution in [1.82, 2.24) is 10.6 Å². The summed E-state index contributed by atoms with van der Waals surface area (Å²) in [6, 6.07) is 7.55. The van der Waals surface area contributed by atoms with E-state index >= 15 is 0 Å². The van der Waals surface area contributed by atoms with E-state index in [1.807, 2.05) is 18.2 Å². The third-order valence-corrected chi connectivity index (χ3v) is 3.63. The first kappa shape index (κ1) is 14.4. The normalized spacial score (nSPS) is 15.6. The number of nitrogen functional groups attached to an aromatic ring is 1. The fourth-order valence-electron chi connectivity index (χ4n) is 2.51. The Labute approximate surface area is 119 Å². The van der Waals surface area contributed by atoms with Crippen LogP contribution < -0.4 is 16.4 Å². The minimum absolute atomic E-state index is 0.0403. The number of nitrogens with two attached hydrogens (primary N) is 1. The molecule has 2 amide bonds. The summed E-state index contributed by atoms with van der Waals surface area (Å²) in [7, 11) is 0. The van der Waals surface area contributed by atoms with E-state index < -0.39 is 0 Å². The molecule has 20 heavy (non-hydrogen) atoms. The molecule has 5 N–H and O–H groups in total. The van der Waals surface area contributed by atoms with E-state index in [9.17, 15) is 4.79 Å². The summed E-state index contributed by atoms with van der Waals surface area (Å²) in [6.45, 7) is 0.444. The van der Waals surface area contributed by atoms with E-state index in [1.54, 1.807) is 6.07 Å². The first-order valence-corrected chi connectivity index (χ1v) is 7.13. The number of amides is 2. The van der Waals surface area contributed by atoms with Crippen LogP contribution in [0, 0.1) is 5.41 Å². The number of amidine groups is 1. The minimum atomic E-state index is -0.120. The highest BCUT2D eigenvalue weighted by Gasteiger charge is 2.15. The van der Waals surface area contributed by atoms with Crippen LogP contribution in [0.2, 0.25) is 0 Å². The van der Waals surface area contributed by atoms with Crippen molar-refractivity contribution in [2.24, 2.45) is 5.73 Å². The zero-order valence-corrected chi connectivity index (χ0v) is 11.6. The van der Waals surface area contributed by atoms with Crippen LogP contribution in [0.15, 0.2) is 24.3 Å². The maximum Gasteiger partial charge on any atom is 0.315 e. The van der Waals surface area contributed by atoms with Crippen LogP contribution in [0.3, 0.4) is 0 Å². The molecular weight excluding hydrogens is 252 g/mol. The smallest absolute Gasteiger partial charge is 0.315 e. The van der Waals surface area contributed by atoms with Gasteiger partial charge in [-0.1, -0.05) is 37.5 Å². The second-order valence-corrected chi connectivity index (χ2v) is 5.28. The number of benzene rings is 1. The average Bonchev–Trinajstić information content (AvgIpc) is 2.46. The van der Waals surface area contributed by atoms with Crippen molar-refractivity contribution in [2.45, 2.75) is 44.7 Å². The molecule has 108 valence electrons. The van der Waals surface area contributed by atoms with E-state index in [-0.39, 0.29) is 11.9 Å². The van der Waals surface area contributed by atoms with Gasteiger partial charge in [0.15, 0.2) is 0 Å². The van der Waals surface area contributed by atoms with Crippen molar-refractivity contribution >= 4 is 11.9 Å². The second-order valence-electron chi connectivity index (χ2n) is 5.28. The van der Waals surface area contributed by atoms with Crippen molar-refractivity contribution in [2.75, 3.05) is 0 Å². The maximum atomic E-state index is 11.8. The molecule has 1 aliphatic rings. The highest BCUT2D eigenvalue weighted by molar-refractivity contribution is 5.95. The zero-order valence-electron chi connectivity index (χ0n) is 11.6. The Bertz CT molecular complexity index is 481. The second kappa shape index (κ2) is 6.93.